The molecular formula is C17H25N7O. The third-order valence-electron chi connectivity index (χ3n) is 4.41. The molecule has 1 saturated heterocycles. The van der Waals surface area contributed by atoms with Crippen molar-refractivity contribution in [2.45, 2.75) is 39.2 Å². The Bertz CT molecular complexity index is 742. The summed E-state index contributed by atoms with van der Waals surface area (Å²) in [6.07, 6.45) is 6.28. The molecule has 1 fully saturated rings. The number of hydrogen-bond acceptors (Lipinski definition) is 5. The fourth-order valence-corrected chi connectivity index (χ4v) is 3.12. The van der Waals surface area contributed by atoms with E-state index in [1.807, 2.05) is 20.0 Å². The Morgan fingerprint density at radius 2 is 2.24 bits per heavy atom. The van der Waals surface area contributed by atoms with Crippen LogP contribution in [0.1, 0.15) is 31.2 Å². The number of anilines is 2. The van der Waals surface area contributed by atoms with Gasteiger partial charge in [0.2, 0.25) is 0 Å². The summed E-state index contributed by atoms with van der Waals surface area (Å²) >= 11 is 0. The summed E-state index contributed by atoms with van der Waals surface area (Å²) in [5.74, 6) is 0.932. The van der Waals surface area contributed by atoms with Crippen LogP contribution in [-0.2, 0) is 13.5 Å². The van der Waals surface area contributed by atoms with Crippen molar-refractivity contribution in [2.75, 3.05) is 23.3 Å². The van der Waals surface area contributed by atoms with Gasteiger partial charge < -0.3 is 15.5 Å². The molecule has 2 aromatic heterocycles. The van der Waals surface area contributed by atoms with E-state index in [1.165, 1.54) is 0 Å². The zero-order chi connectivity index (χ0) is 17.8. The Kier molecular flexibility index (Phi) is 5.16. The van der Waals surface area contributed by atoms with Gasteiger partial charge in [-0.2, -0.15) is 5.10 Å². The van der Waals surface area contributed by atoms with Crippen molar-refractivity contribution in [3.8, 4) is 0 Å². The van der Waals surface area contributed by atoms with Crippen LogP contribution < -0.4 is 15.5 Å². The van der Waals surface area contributed by atoms with Gasteiger partial charge in [-0.3, -0.25) is 4.68 Å². The normalized spacial score (nSPS) is 17.4. The van der Waals surface area contributed by atoms with Crippen molar-refractivity contribution < 1.29 is 4.79 Å². The molecule has 2 N–H and O–H groups in total. The Balaban J connectivity index is 1.59. The van der Waals surface area contributed by atoms with Crippen LogP contribution in [0.25, 0.3) is 0 Å². The molecule has 0 unspecified atom stereocenters. The number of amides is 2. The molecule has 1 aliphatic rings. The smallest absolute Gasteiger partial charge is 0.319 e. The summed E-state index contributed by atoms with van der Waals surface area (Å²) < 4.78 is 1.69. The molecule has 8 nitrogen and oxygen atoms in total. The van der Waals surface area contributed by atoms with Crippen LogP contribution in [0.4, 0.5) is 16.3 Å². The lowest BCUT2D eigenvalue weighted by atomic mass is 10.1. The molecule has 1 aliphatic heterocycles. The van der Waals surface area contributed by atoms with Gasteiger partial charge in [0, 0.05) is 44.1 Å². The van der Waals surface area contributed by atoms with Crippen LogP contribution in [0.15, 0.2) is 18.6 Å². The molecule has 0 aromatic carbocycles. The van der Waals surface area contributed by atoms with E-state index in [2.05, 4.69) is 37.5 Å². The molecule has 3 heterocycles. The van der Waals surface area contributed by atoms with E-state index in [1.54, 1.807) is 17.2 Å². The Morgan fingerprint density at radius 1 is 1.40 bits per heavy atom. The molecule has 1 atom stereocenters. The zero-order valence-electron chi connectivity index (χ0n) is 15.0. The number of nitrogens with one attached hydrogen (secondary N) is 2. The predicted molar refractivity (Wildman–Crippen MR) is 96.7 cm³/mol. The first-order chi connectivity index (χ1) is 12.0. The third kappa shape index (κ3) is 4.26. The summed E-state index contributed by atoms with van der Waals surface area (Å²) in [6.45, 7) is 5.65. The quantitative estimate of drug-likeness (QED) is 0.885. The highest BCUT2D eigenvalue weighted by atomic mass is 16.2. The molecule has 0 bridgehead atoms. The number of carbonyl (C=O) groups is 1. The van der Waals surface area contributed by atoms with E-state index in [0.717, 1.165) is 55.2 Å². The average Bonchev–Trinajstić information content (AvgIpc) is 2.92. The maximum Gasteiger partial charge on any atom is 0.319 e. The number of piperidine rings is 1. The van der Waals surface area contributed by atoms with Crippen LogP contribution in [0.5, 0.6) is 0 Å². The average molecular weight is 343 g/mol. The van der Waals surface area contributed by atoms with Crippen LogP contribution in [0, 0.1) is 6.92 Å². The lowest BCUT2D eigenvalue weighted by Crippen LogP contribution is -2.49. The number of nitrogens with zero attached hydrogens (tertiary/aromatic N) is 5. The topological polar surface area (TPSA) is 88.0 Å². The minimum atomic E-state index is -0.195. The number of carbonyl (C=O) groups excluding carboxylic acids is 1. The van der Waals surface area contributed by atoms with E-state index in [9.17, 15) is 4.79 Å². The summed E-state index contributed by atoms with van der Waals surface area (Å²) in [5, 5.41) is 10.2. The molecule has 0 saturated carbocycles. The van der Waals surface area contributed by atoms with Gasteiger partial charge in [-0.25, -0.2) is 14.8 Å². The van der Waals surface area contributed by atoms with Crippen LogP contribution in [0.3, 0.4) is 0 Å². The molecule has 0 spiro atoms. The molecule has 25 heavy (non-hydrogen) atoms. The van der Waals surface area contributed by atoms with Crippen molar-refractivity contribution in [3.05, 3.63) is 30.0 Å². The molecule has 2 aromatic rings. The highest BCUT2D eigenvalue weighted by molar-refractivity contribution is 5.89. The predicted octanol–water partition coefficient (Wildman–Crippen LogP) is 1.87. The van der Waals surface area contributed by atoms with E-state index in [4.69, 9.17) is 0 Å². The lowest BCUT2D eigenvalue weighted by molar-refractivity contribution is 0.246. The van der Waals surface area contributed by atoms with Crippen LogP contribution in [-0.4, -0.2) is 44.9 Å². The van der Waals surface area contributed by atoms with Crippen molar-refractivity contribution in [3.63, 3.8) is 0 Å². The number of hydrogen-bond donors (Lipinski definition) is 2. The fourth-order valence-electron chi connectivity index (χ4n) is 3.12. The van der Waals surface area contributed by atoms with Gasteiger partial charge in [-0.1, -0.05) is 6.92 Å². The second-order valence-electron chi connectivity index (χ2n) is 6.41. The molecule has 0 radical (unpaired) electrons. The van der Waals surface area contributed by atoms with Crippen LogP contribution in [0.2, 0.25) is 0 Å². The van der Waals surface area contributed by atoms with E-state index in [-0.39, 0.29) is 12.1 Å². The van der Waals surface area contributed by atoms with Gasteiger partial charge in [-0.15, -0.1) is 0 Å². The molecule has 0 aliphatic carbocycles. The van der Waals surface area contributed by atoms with Gasteiger partial charge in [0.05, 0.1) is 11.4 Å². The number of urea groups is 1. The maximum absolute atomic E-state index is 12.3. The highest BCUT2D eigenvalue weighted by Gasteiger charge is 2.23. The molecular weight excluding hydrogens is 318 g/mol. The second-order valence-corrected chi connectivity index (χ2v) is 6.41. The standard InChI is InChI=1S/C17H25N7O/c1-4-13-8-16(19-11-18-13)24-7-5-6-14(9-24)20-17(25)21-15-10-23(3)22-12(15)2/h8,10-11,14H,4-7,9H2,1-3H3,(H2,20,21,25)/t14-/m1/s1. The van der Waals surface area contributed by atoms with E-state index >= 15 is 0 Å². The fraction of sp³-hybridized carbons (Fsp3) is 0.529. The summed E-state index contributed by atoms with van der Waals surface area (Å²) in [5.41, 5.74) is 2.57. The van der Waals surface area contributed by atoms with Gasteiger partial charge >= 0.3 is 6.03 Å². The molecule has 2 amide bonds. The minimum absolute atomic E-state index is 0.0887. The largest absolute Gasteiger partial charge is 0.354 e. The second kappa shape index (κ2) is 7.50. The van der Waals surface area contributed by atoms with E-state index < -0.39 is 0 Å². The summed E-state index contributed by atoms with van der Waals surface area (Å²) in [6, 6.07) is 1.92. The first kappa shape index (κ1) is 17.2. The van der Waals surface area contributed by atoms with Gasteiger partial charge in [0.25, 0.3) is 0 Å². The minimum Gasteiger partial charge on any atom is -0.354 e. The zero-order valence-corrected chi connectivity index (χ0v) is 15.0. The first-order valence-electron chi connectivity index (χ1n) is 8.68. The maximum atomic E-state index is 12.3. The lowest BCUT2D eigenvalue weighted by Gasteiger charge is -2.34. The van der Waals surface area contributed by atoms with E-state index in [0.29, 0.717) is 0 Å². The van der Waals surface area contributed by atoms with Crippen LogP contribution >= 0.6 is 0 Å². The Hall–Kier alpha value is -2.64. The highest BCUT2D eigenvalue weighted by Crippen LogP contribution is 2.18. The van der Waals surface area contributed by atoms with Gasteiger partial charge in [0.1, 0.15) is 12.1 Å². The third-order valence-corrected chi connectivity index (χ3v) is 4.41. The monoisotopic (exact) mass is 343 g/mol. The summed E-state index contributed by atoms with van der Waals surface area (Å²) in [7, 11) is 1.83. The van der Waals surface area contributed by atoms with Gasteiger partial charge in [0.15, 0.2) is 0 Å². The number of aryl methyl sites for hydroxylation is 3. The number of aromatic nitrogens is 4. The van der Waals surface area contributed by atoms with Crippen molar-refractivity contribution >= 4 is 17.5 Å². The number of rotatable bonds is 4. The first-order valence-corrected chi connectivity index (χ1v) is 8.68. The molecule has 3 rings (SSSR count). The Morgan fingerprint density at radius 3 is 2.96 bits per heavy atom. The SMILES string of the molecule is CCc1cc(N2CCC[C@@H](NC(=O)Nc3cn(C)nc3C)C2)ncn1. The molecule has 134 valence electrons. The Labute approximate surface area is 147 Å². The van der Waals surface area contributed by atoms with Crippen molar-refractivity contribution in [2.24, 2.45) is 7.05 Å². The summed E-state index contributed by atoms with van der Waals surface area (Å²) in [4.78, 5) is 23.1. The van der Waals surface area contributed by atoms with Crippen molar-refractivity contribution in [1.29, 1.82) is 0 Å². The molecule has 8 heteroatoms. The van der Waals surface area contributed by atoms with Crippen molar-refractivity contribution in [1.82, 2.24) is 25.1 Å². The van der Waals surface area contributed by atoms with Gasteiger partial charge in [-0.05, 0) is 26.2 Å².